The van der Waals surface area contributed by atoms with Gasteiger partial charge in [-0.15, -0.1) is 24.8 Å². The van der Waals surface area contributed by atoms with Crippen molar-refractivity contribution in [2.24, 2.45) is 0 Å². The van der Waals surface area contributed by atoms with E-state index in [9.17, 15) is 5.11 Å². The van der Waals surface area contributed by atoms with Gasteiger partial charge < -0.3 is 10.0 Å². The molecular formula is C20H25Cl2NOTi. The van der Waals surface area contributed by atoms with Gasteiger partial charge in [0.25, 0.3) is 0 Å². The molecule has 0 saturated carbocycles. The molecule has 134 valence electrons. The summed E-state index contributed by atoms with van der Waals surface area (Å²) in [7, 11) is 4.17. The van der Waals surface area contributed by atoms with Gasteiger partial charge in [-0.3, -0.25) is 0 Å². The molecule has 0 aliphatic heterocycles. The molecule has 0 spiro atoms. The Balaban J connectivity index is 0.00000192. The number of allylic oxidation sites excluding steroid dienone is 2. The van der Waals surface area contributed by atoms with Gasteiger partial charge in [0, 0.05) is 28.3 Å². The van der Waals surface area contributed by atoms with Crippen LogP contribution in [0.1, 0.15) is 30.6 Å². The van der Waals surface area contributed by atoms with Crippen LogP contribution >= 0.6 is 24.8 Å². The van der Waals surface area contributed by atoms with Crippen LogP contribution in [0, 0.1) is 0 Å². The Morgan fingerprint density at radius 1 is 1.08 bits per heavy atom. The van der Waals surface area contributed by atoms with Crippen molar-refractivity contribution < 1.29 is 26.8 Å². The second kappa shape index (κ2) is 10.5. The summed E-state index contributed by atoms with van der Waals surface area (Å²) in [5.41, 5.74) is 4.88. The number of aliphatic hydroxyl groups excluding tert-OH is 1. The molecule has 25 heavy (non-hydrogen) atoms. The fourth-order valence-corrected chi connectivity index (χ4v) is 3.27. The van der Waals surface area contributed by atoms with Gasteiger partial charge in [0.1, 0.15) is 0 Å². The van der Waals surface area contributed by atoms with Crippen LogP contribution in [0.4, 0.5) is 0 Å². The normalized spacial score (nSPS) is 14.1. The summed E-state index contributed by atoms with van der Waals surface area (Å²) in [5.74, 6) is 0. The fourth-order valence-electron chi connectivity index (χ4n) is 3.27. The molecule has 0 bridgehead atoms. The summed E-state index contributed by atoms with van der Waals surface area (Å²) in [6, 6.07) is 12.6. The first-order valence-corrected chi connectivity index (χ1v) is 7.80. The average molecular weight is 414 g/mol. The summed E-state index contributed by atoms with van der Waals surface area (Å²) in [6.07, 6.45) is 5.04. The number of rotatable bonds is 4. The molecule has 1 unspecified atom stereocenters. The van der Waals surface area contributed by atoms with E-state index in [1.54, 1.807) is 0 Å². The topological polar surface area (TPSA) is 23.5 Å². The van der Waals surface area contributed by atoms with Gasteiger partial charge in [-0.1, -0.05) is 48.6 Å². The quantitative estimate of drug-likeness (QED) is 0.712. The van der Waals surface area contributed by atoms with Crippen molar-refractivity contribution >= 4 is 41.2 Å². The standard InChI is InChI=1S/C20H23NO.2ClH.Ti/c1-14(22)20-18-7-5-4-6-16(18)10-11-19(20)17-9-8-15(12-17)13-21(2)3;;;/h4-8,10-12,14,22H,9,13H2,1-3H3;2*1H;. The maximum Gasteiger partial charge on any atom is 0.0773 e. The van der Waals surface area contributed by atoms with E-state index < -0.39 is 6.10 Å². The van der Waals surface area contributed by atoms with Crippen LogP contribution in [0.5, 0.6) is 0 Å². The Kier molecular flexibility index (Phi) is 10.3. The minimum Gasteiger partial charge on any atom is -0.389 e. The monoisotopic (exact) mass is 413 g/mol. The summed E-state index contributed by atoms with van der Waals surface area (Å²) >= 11 is 0. The van der Waals surface area contributed by atoms with Crippen molar-refractivity contribution in [1.82, 2.24) is 4.90 Å². The summed E-state index contributed by atoms with van der Waals surface area (Å²) < 4.78 is 0. The average Bonchev–Trinajstić information content (AvgIpc) is 2.93. The van der Waals surface area contributed by atoms with Crippen molar-refractivity contribution in [2.75, 3.05) is 20.6 Å². The Morgan fingerprint density at radius 3 is 2.40 bits per heavy atom. The molecule has 0 radical (unpaired) electrons. The zero-order valence-corrected chi connectivity index (χ0v) is 18.0. The van der Waals surface area contributed by atoms with Crippen LogP contribution in [0.25, 0.3) is 16.3 Å². The smallest absolute Gasteiger partial charge is 0.0773 e. The number of hydrogen-bond donors (Lipinski definition) is 1. The summed E-state index contributed by atoms with van der Waals surface area (Å²) in [5, 5.41) is 12.7. The van der Waals surface area contributed by atoms with Crippen molar-refractivity contribution in [3.05, 3.63) is 65.3 Å². The van der Waals surface area contributed by atoms with E-state index in [1.807, 2.05) is 19.1 Å². The van der Waals surface area contributed by atoms with Gasteiger partial charge in [0.2, 0.25) is 0 Å². The number of likely N-dealkylation sites (N-methyl/N-ethyl adjacent to an activating group) is 1. The van der Waals surface area contributed by atoms with Crippen molar-refractivity contribution in [1.29, 1.82) is 0 Å². The number of halogens is 2. The Morgan fingerprint density at radius 2 is 1.76 bits per heavy atom. The van der Waals surface area contributed by atoms with E-state index in [0.717, 1.165) is 23.9 Å². The molecule has 2 nitrogen and oxygen atoms in total. The minimum atomic E-state index is -0.472. The van der Waals surface area contributed by atoms with Crippen LogP contribution < -0.4 is 0 Å². The van der Waals surface area contributed by atoms with E-state index in [1.165, 1.54) is 22.1 Å². The van der Waals surface area contributed by atoms with Gasteiger partial charge in [-0.05, 0) is 60.5 Å². The van der Waals surface area contributed by atoms with E-state index >= 15 is 0 Å². The van der Waals surface area contributed by atoms with Crippen molar-refractivity contribution in [3.63, 3.8) is 0 Å². The Labute approximate surface area is 177 Å². The number of benzene rings is 2. The molecule has 0 saturated heterocycles. The maximum absolute atomic E-state index is 10.3. The number of hydrogen-bond acceptors (Lipinski definition) is 2. The fraction of sp³-hybridized carbons (Fsp3) is 0.300. The molecule has 1 aliphatic rings. The van der Waals surface area contributed by atoms with Crippen molar-refractivity contribution in [2.45, 2.75) is 19.4 Å². The second-order valence-electron chi connectivity index (χ2n) is 6.31. The first-order chi connectivity index (χ1) is 10.6. The van der Waals surface area contributed by atoms with Gasteiger partial charge in [-0.25, -0.2) is 0 Å². The molecule has 1 atom stereocenters. The van der Waals surface area contributed by atoms with E-state index in [0.29, 0.717) is 0 Å². The number of fused-ring (bicyclic) bond motifs is 1. The molecule has 1 aliphatic carbocycles. The maximum atomic E-state index is 10.3. The number of aliphatic hydroxyl groups is 1. The first-order valence-electron chi connectivity index (χ1n) is 7.80. The van der Waals surface area contributed by atoms with Crippen LogP contribution in [0.2, 0.25) is 0 Å². The minimum absolute atomic E-state index is 0. The molecule has 0 fully saturated rings. The molecule has 2 aromatic rings. The molecule has 0 heterocycles. The Bertz CT molecular complexity index is 769. The summed E-state index contributed by atoms with van der Waals surface area (Å²) in [6.45, 7) is 2.82. The van der Waals surface area contributed by atoms with E-state index in [4.69, 9.17) is 0 Å². The van der Waals surface area contributed by atoms with Crippen LogP contribution in [0.15, 0.2) is 54.1 Å². The Hall–Kier alpha value is -0.606. The molecule has 3 rings (SSSR count). The van der Waals surface area contributed by atoms with Crippen molar-refractivity contribution in [3.8, 4) is 0 Å². The third-order valence-corrected chi connectivity index (χ3v) is 4.18. The molecule has 0 aromatic heterocycles. The SMILES string of the molecule is CC(O)c1c(C2=CC(CN(C)C)=CC2)ccc2ccccc12.Cl.Cl.[Ti]. The molecule has 5 heteroatoms. The van der Waals surface area contributed by atoms with Crippen LogP contribution in [-0.4, -0.2) is 30.6 Å². The van der Waals surface area contributed by atoms with E-state index in [-0.39, 0.29) is 46.5 Å². The van der Waals surface area contributed by atoms with E-state index in [2.05, 4.69) is 55.4 Å². The first kappa shape index (κ1) is 24.4. The van der Waals surface area contributed by atoms with Gasteiger partial charge >= 0.3 is 0 Å². The molecular weight excluding hydrogens is 389 g/mol. The van der Waals surface area contributed by atoms with Gasteiger partial charge in [0.05, 0.1) is 6.10 Å². The van der Waals surface area contributed by atoms with Gasteiger partial charge in [-0.2, -0.15) is 0 Å². The van der Waals surface area contributed by atoms with Gasteiger partial charge in [0.15, 0.2) is 0 Å². The predicted molar refractivity (Wildman–Crippen MR) is 108 cm³/mol. The third kappa shape index (κ3) is 5.43. The second-order valence-corrected chi connectivity index (χ2v) is 6.31. The van der Waals surface area contributed by atoms with Crippen LogP contribution in [-0.2, 0) is 21.7 Å². The zero-order valence-electron chi connectivity index (χ0n) is 14.8. The van der Waals surface area contributed by atoms with Crippen LogP contribution in [0.3, 0.4) is 0 Å². The largest absolute Gasteiger partial charge is 0.389 e. The molecule has 2 aromatic carbocycles. The number of nitrogens with zero attached hydrogens (tertiary/aromatic N) is 1. The molecule has 1 N–H and O–H groups in total. The third-order valence-electron chi connectivity index (χ3n) is 4.18. The molecule has 0 amide bonds. The zero-order chi connectivity index (χ0) is 15.7. The summed E-state index contributed by atoms with van der Waals surface area (Å²) in [4.78, 5) is 2.18. The predicted octanol–water partition coefficient (Wildman–Crippen LogP) is 5.01.